The van der Waals surface area contributed by atoms with Gasteiger partial charge in [0.15, 0.2) is 5.82 Å². The number of nitrogens with zero attached hydrogens (tertiary/aromatic N) is 5. The van der Waals surface area contributed by atoms with Crippen LogP contribution in [0.2, 0.25) is 0 Å². The van der Waals surface area contributed by atoms with E-state index in [1.54, 1.807) is 12.4 Å². The van der Waals surface area contributed by atoms with Crippen LogP contribution < -0.4 is 9.80 Å². The molecule has 4 aromatic rings. The molecule has 0 aliphatic carbocycles. The standard InChI is InChI=1S/C23H20FN5/c24-18-7-9-19(10-8-18)28-12-14-29(15-13-28)23-20-5-1-2-6-21(20)26-22(27-23)17-4-3-11-25-16-17/h1-11,16H,12-15H2. The predicted molar refractivity (Wildman–Crippen MR) is 114 cm³/mol. The van der Waals surface area contributed by atoms with Gasteiger partial charge < -0.3 is 9.80 Å². The molecule has 3 heterocycles. The summed E-state index contributed by atoms with van der Waals surface area (Å²) in [7, 11) is 0. The maximum Gasteiger partial charge on any atom is 0.163 e. The van der Waals surface area contributed by atoms with E-state index in [0.29, 0.717) is 5.82 Å². The van der Waals surface area contributed by atoms with Crippen molar-refractivity contribution in [3.8, 4) is 11.4 Å². The maximum atomic E-state index is 13.2. The molecule has 0 atom stereocenters. The van der Waals surface area contributed by atoms with E-state index in [1.165, 1.54) is 12.1 Å². The summed E-state index contributed by atoms with van der Waals surface area (Å²) in [6, 6.07) is 18.7. The van der Waals surface area contributed by atoms with Crippen molar-refractivity contribution in [2.75, 3.05) is 36.0 Å². The van der Waals surface area contributed by atoms with Gasteiger partial charge in [-0.15, -0.1) is 0 Å². The van der Waals surface area contributed by atoms with E-state index in [1.807, 2.05) is 42.5 Å². The van der Waals surface area contributed by atoms with Crippen LogP contribution in [0.15, 0.2) is 73.1 Å². The zero-order valence-corrected chi connectivity index (χ0v) is 15.9. The third-order valence-corrected chi connectivity index (χ3v) is 5.27. The van der Waals surface area contributed by atoms with Crippen LogP contribution in [0.5, 0.6) is 0 Å². The molecule has 0 radical (unpaired) electrons. The molecule has 0 bridgehead atoms. The molecule has 0 amide bonds. The number of halogens is 1. The van der Waals surface area contributed by atoms with Crippen molar-refractivity contribution < 1.29 is 4.39 Å². The van der Waals surface area contributed by atoms with Gasteiger partial charge in [-0.25, -0.2) is 14.4 Å². The lowest BCUT2D eigenvalue weighted by Crippen LogP contribution is -2.47. The SMILES string of the molecule is Fc1ccc(N2CCN(c3nc(-c4cccnc4)nc4ccccc34)CC2)cc1. The molecule has 6 heteroatoms. The fourth-order valence-corrected chi connectivity index (χ4v) is 3.75. The molecule has 2 aromatic heterocycles. The molecule has 1 fully saturated rings. The van der Waals surface area contributed by atoms with E-state index in [-0.39, 0.29) is 5.82 Å². The highest BCUT2D eigenvalue weighted by Gasteiger charge is 2.21. The molecule has 29 heavy (non-hydrogen) atoms. The van der Waals surface area contributed by atoms with E-state index < -0.39 is 0 Å². The lowest BCUT2D eigenvalue weighted by molar-refractivity contribution is 0.624. The summed E-state index contributed by atoms with van der Waals surface area (Å²) in [4.78, 5) is 18.5. The lowest BCUT2D eigenvalue weighted by atomic mass is 10.1. The summed E-state index contributed by atoms with van der Waals surface area (Å²) >= 11 is 0. The highest BCUT2D eigenvalue weighted by atomic mass is 19.1. The Balaban J connectivity index is 1.46. The Hall–Kier alpha value is -3.54. The molecule has 144 valence electrons. The Kier molecular flexibility index (Phi) is 4.52. The van der Waals surface area contributed by atoms with E-state index >= 15 is 0 Å². The number of benzene rings is 2. The van der Waals surface area contributed by atoms with Gasteiger partial charge in [0.1, 0.15) is 11.6 Å². The van der Waals surface area contributed by atoms with Crippen molar-refractivity contribution in [2.24, 2.45) is 0 Å². The second-order valence-electron chi connectivity index (χ2n) is 7.08. The topological polar surface area (TPSA) is 45.2 Å². The highest BCUT2D eigenvalue weighted by molar-refractivity contribution is 5.91. The first-order valence-electron chi connectivity index (χ1n) is 9.70. The number of rotatable bonds is 3. The zero-order chi connectivity index (χ0) is 19.6. The average Bonchev–Trinajstić information content (AvgIpc) is 2.80. The van der Waals surface area contributed by atoms with Crippen molar-refractivity contribution in [3.05, 3.63) is 78.9 Å². The highest BCUT2D eigenvalue weighted by Crippen LogP contribution is 2.28. The summed E-state index contributed by atoms with van der Waals surface area (Å²) < 4.78 is 13.2. The third kappa shape index (κ3) is 3.49. The fraction of sp³-hybridized carbons (Fsp3) is 0.174. The second-order valence-corrected chi connectivity index (χ2v) is 7.08. The normalized spacial score (nSPS) is 14.4. The Morgan fingerprint density at radius 2 is 1.52 bits per heavy atom. The van der Waals surface area contributed by atoms with Gasteiger partial charge in [-0.1, -0.05) is 12.1 Å². The van der Waals surface area contributed by atoms with Gasteiger partial charge in [0.05, 0.1) is 5.52 Å². The first-order valence-corrected chi connectivity index (χ1v) is 9.70. The van der Waals surface area contributed by atoms with E-state index in [9.17, 15) is 4.39 Å². The number of piperazine rings is 1. The van der Waals surface area contributed by atoms with Crippen molar-refractivity contribution in [3.63, 3.8) is 0 Å². The molecule has 0 N–H and O–H groups in total. The van der Waals surface area contributed by atoms with Crippen molar-refractivity contribution in [1.29, 1.82) is 0 Å². The third-order valence-electron chi connectivity index (χ3n) is 5.27. The first kappa shape index (κ1) is 17.6. The van der Waals surface area contributed by atoms with Crippen molar-refractivity contribution in [1.82, 2.24) is 15.0 Å². The maximum absolute atomic E-state index is 13.2. The number of para-hydroxylation sites is 1. The number of pyridine rings is 1. The van der Waals surface area contributed by atoms with Gasteiger partial charge in [-0.2, -0.15) is 0 Å². The Labute approximate surface area is 168 Å². The molecule has 5 rings (SSSR count). The van der Waals surface area contributed by atoms with Gasteiger partial charge >= 0.3 is 0 Å². The van der Waals surface area contributed by atoms with Crippen molar-refractivity contribution in [2.45, 2.75) is 0 Å². The molecule has 0 saturated carbocycles. The number of aromatic nitrogens is 3. The molecular weight excluding hydrogens is 365 g/mol. The molecule has 1 aliphatic rings. The molecule has 1 aliphatic heterocycles. The number of hydrogen-bond donors (Lipinski definition) is 0. The first-order chi connectivity index (χ1) is 14.3. The summed E-state index contributed by atoms with van der Waals surface area (Å²) in [6.45, 7) is 3.38. The zero-order valence-electron chi connectivity index (χ0n) is 15.9. The van der Waals surface area contributed by atoms with Crippen LogP contribution in [-0.2, 0) is 0 Å². The number of anilines is 2. The summed E-state index contributed by atoms with van der Waals surface area (Å²) in [6.07, 6.45) is 3.54. The van der Waals surface area contributed by atoms with Crippen LogP contribution in [0.25, 0.3) is 22.3 Å². The summed E-state index contributed by atoms with van der Waals surface area (Å²) in [5.41, 5.74) is 2.89. The number of fused-ring (bicyclic) bond motifs is 1. The smallest absolute Gasteiger partial charge is 0.163 e. The monoisotopic (exact) mass is 385 g/mol. The molecule has 1 saturated heterocycles. The summed E-state index contributed by atoms with van der Waals surface area (Å²) in [5.74, 6) is 1.43. The van der Waals surface area contributed by atoms with Gasteiger partial charge in [0, 0.05) is 55.2 Å². The van der Waals surface area contributed by atoms with Gasteiger partial charge in [0.2, 0.25) is 0 Å². The van der Waals surface area contributed by atoms with E-state index in [0.717, 1.165) is 54.2 Å². The fourth-order valence-electron chi connectivity index (χ4n) is 3.75. The largest absolute Gasteiger partial charge is 0.368 e. The average molecular weight is 385 g/mol. The second kappa shape index (κ2) is 7.47. The Morgan fingerprint density at radius 1 is 0.759 bits per heavy atom. The molecule has 0 unspecified atom stereocenters. The van der Waals surface area contributed by atoms with Crippen molar-refractivity contribution >= 4 is 22.4 Å². The molecular formula is C23H20FN5. The lowest BCUT2D eigenvalue weighted by Gasteiger charge is -2.37. The van der Waals surface area contributed by atoms with Gasteiger partial charge in [-0.05, 0) is 48.5 Å². The Bertz CT molecular complexity index is 1120. The van der Waals surface area contributed by atoms with E-state index in [2.05, 4.69) is 20.9 Å². The molecule has 5 nitrogen and oxygen atoms in total. The van der Waals surface area contributed by atoms with Crippen LogP contribution >= 0.6 is 0 Å². The van der Waals surface area contributed by atoms with Gasteiger partial charge in [0.25, 0.3) is 0 Å². The molecule has 0 spiro atoms. The number of hydrogen-bond acceptors (Lipinski definition) is 5. The quantitative estimate of drug-likeness (QED) is 0.530. The predicted octanol–water partition coefficient (Wildman–Crippen LogP) is 4.16. The minimum atomic E-state index is -0.206. The van der Waals surface area contributed by atoms with Crippen LogP contribution in [0.3, 0.4) is 0 Å². The minimum Gasteiger partial charge on any atom is -0.368 e. The molecule has 2 aromatic carbocycles. The van der Waals surface area contributed by atoms with Crippen LogP contribution in [0.4, 0.5) is 15.9 Å². The summed E-state index contributed by atoms with van der Waals surface area (Å²) in [5, 5.41) is 1.05. The van der Waals surface area contributed by atoms with Crippen LogP contribution in [-0.4, -0.2) is 41.1 Å². The van der Waals surface area contributed by atoms with E-state index in [4.69, 9.17) is 9.97 Å². The van der Waals surface area contributed by atoms with Gasteiger partial charge in [-0.3, -0.25) is 4.98 Å². The van der Waals surface area contributed by atoms with Crippen LogP contribution in [0.1, 0.15) is 0 Å². The minimum absolute atomic E-state index is 0.206. The van der Waals surface area contributed by atoms with Crippen LogP contribution in [0, 0.1) is 5.82 Å². The Morgan fingerprint density at radius 3 is 2.28 bits per heavy atom.